The molecule has 0 spiro atoms. The van der Waals surface area contributed by atoms with Crippen molar-refractivity contribution in [3.8, 4) is 17.2 Å². The summed E-state index contributed by atoms with van der Waals surface area (Å²) in [7, 11) is 1.43. The van der Waals surface area contributed by atoms with Crippen molar-refractivity contribution in [2.24, 2.45) is 44.6 Å². The number of guanidine groups is 1. The molecule has 9 unspecified atom stereocenters. The fraction of sp³-hybridized carbons (Fsp3) is 0.500. The molecule has 2 aromatic rings. The van der Waals surface area contributed by atoms with Gasteiger partial charge in [0.15, 0.2) is 5.75 Å². The second kappa shape index (κ2) is 18.3. The number of carbonyl (C=O) groups is 3. The van der Waals surface area contributed by atoms with Crippen molar-refractivity contribution in [3.63, 3.8) is 0 Å². The summed E-state index contributed by atoms with van der Waals surface area (Å²) in [5.74, 6) is -8.00. The van der Waals surface area contributed by atoms with Crippen LogP contribution in [0.25, 0.3) is 10.8 Å². The summed E-state index contributed by atoms with van der Waals surface area (Å²) >= 11 is 0. The molecule has 5 bridgehead atoms. The Hall–Kier alpha value is -5.36. The largest absolute Gasteiger partial charge is 0.507 e. The Morgan fingerprint density at radius 2 is 1.70 bits per heavy atom. The number of aliphatic hydroxyl groups excluding tert-OH is 3. The molecule has 1 amide bonds. The summed E-state index contributed by atoms with van der Waals surface area (Å²) < 4.78 is 23.5. The van der Waals surface area contributed by atoms with E-state index in [1.54, 1.807) is 39.8 Å². The predicted molar refractivity (Wildman–Crippen MR) is 210 cm³/mol. The van der Waals surface area contributed by atoms with E-state index < -0.39 is 83.0 Å². The number of nitrogens with two attached hydrogens (primary N) is 1. The number of hydrogen-bond donors (Lipinski definition) is 7. The van der Waals surface area contributed by atoms with Crippen LogP contribution in [0.1, 0.15) is 64.4 Å². The number of amides is 1. The predicted octanol–water partition coefficient (Wildman–Crippen LogP) is 4.44. The molecule has 3 aliphatic heterocycles. The Bertz CT molecular complexity index is 2030. The van der Waals surface area contributed by atoms with Crippen LogP contribution < -0.4 is 15.8 Å². The van der Waals surface area contributed by atoms with E-state index in [9.17, 15) is 34.8 Å². The first kappa shape index (κ1) is 44.4. The number of hydrogen-bond acceptors (Lipinski definition) is 14. The maximum absolute atomic E-state index is 14.4. The molecule has 3 aliphatic rings. The van der Waals surface area contributed by atoms with Crippen molar-refractivity contribution in [1.29, 1.82) is 0 Å². The number of ketones is 1. The normalized spacial score (nSPS) is 31.1. The molecule has 0 fully saturated rings. The van der Waals surface area contributed by atoms with Crippen LogP contribution in [0, 0.1) is 30.6 Å². The van der Waals surface area contributed by atoms with E-state index in [1.165, 1.54) is 59.3 Å². The van der Waals surface area contributed by atoms with Crippen LogP contribution >= 0.6 is 0 Å². The molecule has 3 heterocycles. The van der Waals surface area contributed by atoms with Gasteiger partial charge in [-0.15, -0.1) is 10.2 Å². The van der Waals surface area contributed by atoms with Crippen molar-refractivity contribution in [1.82, 2.24) is 0 Å². The van der Waals surface area contributed by atoms with Gasteiger partial charge in [0.25, 0.3) is 11.7 Å². The molecule has 0 saturated heterocycles. The highest BCUT2D eigenvalue weighted by Crippen LogP contribution is 2.54. The highest BCUT2D eigenvalue weighted by molar-refractivity contribution is 6.22. The van der Waals surface area contributed by atoms with Crippen LogP contribution in [0.4, 0.5) is 11.4 Å². The number of anilines is 1. The number of allylic oxidation sites excluding steroid dienone is 2. The number of nitrogens with zero attached hydrogens (tertiary/aromatic N) is 3. The smallest absolute Gasteiger partial charge is 0.312 e. The summed E-state index contributed by atoms with van der Waals surface area (Å²) in [4.78, 5) is 44.0. The number of aromatic hydroxyl groups is 2. The molecule has 0 radical (unpaired) electrons. The molecule has 0 aliphatic carbocycles. The summed E-state index contributed by atoms with van der Waals surface area (Å²) in [5, 5.41) is 65.3. The van der Waals surface area contributed by atoms with E-state index in [4.69, 9.17) is 29.8 Å². The molecule has 17 nitrogen and oxygen atoms in total. The maximum atomic E-state index is 14.4. The number of carbonyl (C=O) groups excluding carboxylic acids is 3. The van der Waals surface area contributed by atoms with Gasteiger partial charge in [-0.2, -0.15) is 0 Å². The zero-order valence-corrected chi connectivity index (χ0v) is 33.5. The van der Waals surface area contributed by atoms with Gasteiger partial charge in [-0.25, -0.2) is 4.99 Å². The number of aliphatic imine (C=N–C) groups is 1. The first-order valence-electron chi connectivity index (χ1n) is 18.5. The first-order valence-corrected chi connectivity index (χ1v) is 18.5. The summed E-state index contributed by atoms with van der Waals surface area (Å²) in [5.41, 5.74) is 5.65. The average Bonchev–Trinajstić information content (AvgIpc) is 3.44. The third kappa shape index (κ3) is 9.28. The topological polar surface area (TPSA) is 264 Å². The molecule has 310 valence electrons. The summed E-state index contributed by atoms with van der Waals surface area (Å²) in [6.07, 6.45) is 3.50. The van der Waals surface area contributed by atoms with E-state index in [0.717, 1.165) is 0 Å². The standard InChI is InChI=1S/C40H53N5O12/c1-18-11-10-12-19(2)38(53)43-26-17-25(44-45-39(41)42-14-15-46)28-29(34(26)51)33(50)23(6)36-30(28)37(52)40(8,57-36)55-16-13-27(54-9)20(3)35(56-24(7)47)22(5)32(49)21(4)31(18)48/h10-13,16-18,20-22,27,31-32,35,46,48-51H,14-15H2,1-9H3,(H2,41,42)(H,43,53)/b11-10-,16-13-,19-12-,45-44?. The molecule has 9 atom stereocenters. The number of phenolic OH excluding ortho intramolecular Hbond substituents is 2. The number of esters is 1. The zero-order valence-electron chi connectivity index (χ0n) is 33.5. The Labute approximate surface area is 330 Å². The van der Waals surface area contributed by atoms with Gasteiger partial charge in [-0.3, -0.25) is 14.4 Å². The van der Waals surface area contributed by atoms with E-state index in [2.05, 4.69) is 20.5 Å². The lowest BCUT2D eigenvalue weighted by molar-refractivity contribution is -0.160. The number of nitrogens with one attached hydrogen (secondary N) is 1. The molecular formula is C40H53N5O12. The van der Waals surface area contributed by atoms with Crippen molar-refractivity contribution in [2.45, 2.75) is 85.6 Å². The second-order valence-electron chi connectivity index (χ2n) is 14.6. The Balaban J connectivity index is 1.96. The highest BCUT2D eigenvalue weighted by Gasteiger charge is 2.49. The van der Waals surface area contributed by atoms with Crippen LogP contribution in [0.3, 0.4) is 0 Å². The Morgan fingerprint density at radius 3 is 2.33 bits per heavy atom. The number of azo groups is 1. The first-order chi connectivity index (χ1) is 26.8. The van der Waals surface area contributed by atoms with Gasteiger partial charge in [-0.05, 0) is 26.0 Å². The van der Waals surface area contributed by atoms with Gasteiger partial charge in [0, 0.05) is 61.2 Å². The number of ether oxygens (including phenoxy) is 4. The number of benzene rings is 2. The Morgan fingerprint density at radius 1 is 1.02 bits per heavy atom. The van der Waals surface area contributed by atoms with Crippen LogP contribution in [-0.2, 0) is 23.8 Å². The number of rotatable bonds is 5. The molecule has 57 heavy (non-hydrogen) atoms. The monoisotopic (exact) mass is 795 g/mol. The summed E-state index contributed by atoms with van der Waals surface area (Å²) in [6.45, 7) is 12.1. The molecule has 0 aromatic heterocycles. The van der Waals surface area contributed by atoms with Crippen molar-refractivity contribution in [3.05, 3.63) is 53.3 Å². The molecule has 0 saturated carbocycles. The minimum absolute atomic E-state index is 0.0604. The van der Waals surface area contributed by atoms with Gasteiger partial charge >= 0.3 is 11.8 Å². The molecule has 8 N–H and O–H groups in total. The number of fused-ring (bicyclic) bond motifs is 14. The number of methoxy groups -OCH3 is 1. The lowest BCUT2D eigenvalue weighted by Gasteiger charge is -2.38. The number of Topliss-reactive ketones (excluding diaryl/α,β-unsaturated/α-hetero) is 1. The van der Waals surface area contributed by atoms with Gasteiger partial charge in [0.1, 0.15) is 17.6 Å². The maximum Gasteiger partial charge on any atom is 0.312 e. The lowest BCUT2D eigenvalue weighted by Crippen LogP contribution is -2.46. The third-order valence-corrected chi connectivity index (χ3v) is 10.5. The number of phenols is 2. The van der Waals surface area contributed by atoms with Gasteiger partial charge < -0.3 is 55.5 Å². The van der Waals surface area contributed by atoms with Crippen molar-refractivity contribution < 1.29 is 58.9 Å². The van der Waals surface area contributed by atoms with E-state index in [0.29, 0.717) is 0 Å². The van der Waals surface area contributed by atoms with Crippen molar-refractivity contribution >= 4 is 45.8 Å². The number of aliphatic hydroxyl groups is 3. The van der Waals surface area contributed by atoms with Gasteiger partial charge in [0.05, 0.1) is 60.1 Å². The zero-order chi connectivity index (χ0) is 42.5. The van der Waals surface area contributed by atoms with Crippen molar-refractivity contribution in [2.75, 3.05) is 25.6 Å². The van der Waals surface area contributed by atoms with E-state index in [1.807, 2.05) is 0 Å². The average molecular weight is 796 g/mol. The molecule has 17 heteroatoms. The van der Waals surface area contributed by atoms with Crippen LogP contribution in [0.2, 0.25) is 0 Å². The summed E-state index contributed by atoms with van der Waals surface area (Å²) in [6, 6.07) is 1.23. The van der Waals surface area contributed by atoms with Crippen LogP contribution in [0.5, 0.6) is 17.2 Å². The van der Waals surface area contributed by atoms with Gasteiger partial charge in [-0.1, -0.05) is 45.9 Å². The quantitative estimate of drug-likeness (QED) is 0.0727. The SMILES string of the molecule is COC1/C=C\OC2(C)Oc3c(C)c(O)c4c(O)c(cc(N=NC(N)=NCCO)c4c3C2=O)NC(=O)/C(C)=C\C=C/C(C)C(O)C(C)C(O)C(C)C(OC(C)=O)C1C. The molecule has 5 rings (SSSR count). The highest BCUT2D eigenvalue weighted by atomic mass is 16.7. The minimum atomic E-state index is -2.03. The second-order valence-corrected chi connectivity index (χ2v) is 14.6. The van der Waals surface area contributed by atoms with E-state index >= 15 is 0 Å². The third-order valence-electron chi connectivity index (χ3n) is 10.5. The van der Waals surface area contributed by atoms with Crippen LogP contribution in [0.15, 0.2) is 57.4 Å². The fourth-order valence-electron chi connectivity index (χ4n) is 7.03. The Kier molecular flexibility index (Phi) is 14.2. The van der Waals surface area contributed by atoms with Crippen LogP contribution in [-0.4, -0.2) is 99.6 Å². The van der Waals surface area contributed by atoms with E-state index in [-0.39, 0.29) is 63.7 Å². The molecular weight excluding hydrogens is 742 g/mol. The lowest BCUT2D eigenvalue weighted by atomic mass is 9.78. The molecule has 2 aromatic carbocycles. The minimum Gasteiger partial charge on any atom is -0.507 e. The fourth-order valence-corrected chi connectivity index (χ4v) is 7.03. The van der Waals surface area contributed by atoms with Gasteiger partial charge in [0.2, 0.25) is 5.96 Å².